The maximum atomic E-state index is 11.5. The van der Waals surface area contributed by atoms with Crippen LogP contribution in [0.1, 0.15) is 23.2 Å². The second kappa shape index (κ2) is 6.25. The molecule has 0 atom stereocenters. The molecule has 120 valence electrons. The summed E-state index contributed by atoms with van der Waals surface area (Å²) in [6.45, 7) is 0.698. The number of urea groups is 1. The lowest BCUT2D eigenvalue weighted by Gasteiger charge is -2.04. The smallest absolute Gasteiger partial charge is 0.317 e. The molecule has 0 aromatic carbocycles. The lowest BCUT2D eigenvalue weighted by molar-refractivity contribution is 0.100. The minimum Gasteiger partial charge on any atom is -0.477 e. The van der Waals surface area contributed by atoms with Gasteiger partial charge in [0.05, 0.1) is 12.2 Å². The molecule has 8 heteroatoms. The van der Waals surface area contributed by atoms with Gasteiger partial charge in [-0.15, -0.1) is 11.3 Å². The van der Waals surface area contributed by atoms with E-state index in [0.29, 0.717) is 23.4 Å². The summed E-state index contributed by atoms with van der Waals surface area (Å²) in [5.74, 6) is 0.603. The van der Waals surface area contributed by atoms with E-state index < -0.39 is 11.9 Å². The molecule has 0 saturated heterocycles. The summed E-state index contributed by atoms with van der Waals surface area (Å²) in [4.78, 5) is 27.5. The third-order valence-electron chi connectivity index (χ3n) is 3.42. The van der Waals surface area contributed by atoms with E-state index in [9.17, 15) is 9.59 Å². The van der Waals surface area contributed by atoms with Gasteiger partial charge in [0.2, 0.25) is 5.88 Å². The molecule has 0 unspecified atom stereocenters. The monoisotopic (exact) mass is 332 g/mol. The Labute approximate surface area is 136 Å². The zero-order valence-electron chi connectivity index (χ0n) is 12.2. The number of amides is 3. The lowest BCUT2D eigenvalue weighted by Crippen LogP contribution is -2.21. The van der Waals surface area contributed by atoms with Gasteiger partial charge in [-0.1, -0.05) is 0 Å². The maximum absolute atomic E-state index is 11.5. The van der Waals surface area contributed by atoms with Crippen molar-refractivity contribution in [3.63, 3.8) is 0 Å². The fourth-order valence-corrected chi connectivity index (χ4v) is 3.08. The topological polar surface area (TPSA) is 120 Å². The van der Waals surface area contributed by atoms with E-state index in [1.807, 2.05) is 6.07 Å². The van der Waals surface area contributed by atoms with Gasteiger partial charge in [0.1, 0.15) is 5.00 Å². The largest absolute Gasteiger partial charge is 0.477 e. The first-order valence-corrected chi connectivity index (χ1v) is 7.94. The first kappa shape index (κ1) is 15.3. The van der Waals surface area contributed by atoms with Crippen molar-refractivity contribution in [3.05, 3.63) is 30.0 Å². The first-order valence-electron chi connectivity index (χ1n) is 7.12. The van der Waals surface area contributed by atoms with Crippen molar-refractivity contribution in [1.82, 2.24) is 4.98 Å². The van der Waals surface area contributed by atoms with Crippen LogP contribution in [0.3, 0.4) is 0 Å². The Bertz CT molecular complexity index is 738. The molecule has 0 radical (unpaired) electrons. The van der Waals surface area contributed by atoms with Crippen LogP contribution >= 0.6 is 11.3 Å². The number of nitrogens with zero attached hydrogens (tertiary/aromatic N) is 1. The molecule has 7 nitrogen and oxygen atoms in total. The molecular formula is C15H16N4O3S. The molecule has 3 rings (SSSR count). The maximum Gasteiger partial charge on any atom is 0.317 e. The minimum absolute atomic E-state index is 0.220. The molecule has 0 bridgehead atoms. The van der Waals surface area contributed by atoms with E-state index in [1.165, 1.54) is 24.2 Å². The van der Waals surface area contributed by atoms with E-state index in [1.54, 1.807) is 18.3 Å². The predicted molar refractivity (Wildman–Crippen MR) is 87.5 cm³/mol. The fraction of sp³-hybridized carbons (Fsp3) is 0.267. The van der Waals surface area contributed by atoms with Crippen LogP contribution in [0.15, 0.2) is 24.4 Å². The predicted octanol–water partition coefficient (Wildman–Crippen LogP) is 2.19. The Morgan fingerprint density at radius 3 is 2.70 bits per heavy atom. The molecule has 1 saturated carbocycles. The van der Waals surface area contributed by atoms with Crippen molar-refractivity contribution in [1.29, 1.82) is 0 Å². The SMILES string of the molecule is NC(=O)Nc1sc(-c2ccc(OCC3CC3)nc2)cc1C(N)=O. The van der Waals surface area contributed by atoms with Gasteiger partial charge in [0.15, 0.2) is 0 Å². The summed E-state index contributed by atoms with van der Waals surface area (Å²) in [6, 6.07) is 4.49. The second-order valence-corrected chi connectivity index (χ2v) is 6.40. The number of hydrogen-bond donors (Lipinski definition) is 3. The molecule has 0 spiro atoms. The summed E-state index contributed by atoms with van der Waals surface area (Å²) in [7, 11) is 0. The Kier molecular flexibility index (Phi) is 4.16. The number of hydrogen-bond acceptors (Lipinski definition) is 5. The Balaban J connectivity index is 1.79. The Hall–Kier alpha value is -2.61. The zero-order chi connectivity index (χ0) is 16.4. The molecule has 3 amide bonds. The molecule has 2 heterocycles. The second-order valence-electron chi connectivity index (χ2n) is 5.35. The molecule has 1 fully saturated rings. The molecule has 5 N–H and O–H groups in total. The lowest BCUT2D eigenvalue weighted by atomic mass is 10.2. The third-order valence-corrected chi connectivity index (χ3v) is 4.52. The third kappa shape index (κ3) is 3.78. The van der Waals surface area contributed by atoms with Gasteiger partial charge in [-0.2, -0.15) is 0 Å². The van der Waals surface area contributed by atoms with Gasteiger partial charge in [0, 0.05) is 22.7 Å². The van der Waals surface area contributed by atoms with Crippen LogP contribution in [-0.4, -0.2) is 23.5 Å². The summed E-state index contributed by atoms with van der Waals surface area (Å²) in [5, 5.41) is 2.74. The highest BCUT2D eigenvalue weighted by Crippen LogP contribution is 2.35. The number of rotatable bonds is 6. The minimum atomic E-state index is -0.747. The highest BCUT2D eigenvalue weighted by atomic mass is 32.1. The quantitative estimate of drug-likeness (QED) is 0.750. The van der Waals surface area contributed by atoms with E-state index in [-0.39, 0.29) is 5.56 Å². The fourth-order valence-electron chi connectivity index (χ4n) is 2.02. The molecular weight excluding hydrogens is 316 g/mol. The van der Waals surface area contributed by atoms with E-state index in [4.69, 9.17) is 16.2 Å². The van der Waals surface area contributed by atoms with Crippen LogP contribution in [0.5, 0.6) is 5.88 Å². The molecule has 2 aromatic heterocycles. The van der Waals surface area contributed by atoms with Gasteiger partial charge in [-0.05, 0) is 30.9 Å². The number of anilines is 1. The number of primary amides is 2. The molecule has 2 aromatic rings. The molecule has 23 heavy (non-hydrogen) atoms. The normalized spacial score (nSPS) is 13.6. The van der Waals surface area contributed by atoms with Crippen molar-refractivity contribution in [2.24, 2.45) is 17.4 Å². The van der Waals surface area contributed by atoms with Gasteiger partial charge in [-0.25, -0.2) is 9.78 Å². The molecule has 1 aliphatic carbocycles. The summed E-state index contributed by atoms with van der Waals surface area (Å²) >= 11 is 1.21. The van der Waals surface area contributed by atoms with Crippen molar-refractivity contribution in [2.75, 3.05) is 11.9 Å². The molecule has 1 aliphatic rings. The Morgan fingerprint density at radius 1 is 1.35 bits per heavy atom. The first-order chi connectivity index (χ1) is 11.0. The number of carbonyl (C=O) groups is 2. The highest BCUT2D eigenvalue weighted by molar-refractivity contribution is 7.20. The highest BCUT2D eigenvalue weighted by Gasteiger charge is 2.22. The summed E-state index contributed by atoms with van der Waals surface area (Å²) in [6.07, 6.45) is 4.10. The number of ether oxygens (including phenoxy) is 1. The number of nitrogens with two attached hydrogens (primary N) is 2. The van der Waals surface area contributed by atoms with E-state index in [2.05, 4.69) is 10.3 Å². The van der Waals surface area contributed by atoms with Crippen molar-refractivity contribution in [3.8, 4) is 16.3 Å². The number of thiophene rings is 1. The van der Waals surface area contributed by atoms with Crippen LogP contribution in [0.25, 0.3) is 10.4 Å². The molecule has 0 aliphatic heterocycles. The van der Waals surface area contributed by atoms with Crippen molar-refractivity contribution < 1.29 is 14.3 Å². The van der Waals surface area contributed by atoms with Gasteiger partial charge in [0.25, 0.3) is 5.91 Å². The average Bonchev–Trinajstić information content (AvgIpc) is 3.24. The number of nitrogens with one attached hydrogen (secondary N) is 1. The number of aromatic nitrogens is 1. The average molecular weight is 332 g/mol. The van der Waals surface area contributed by atoms with E-state index >= 15 is 0 Å². The Morgan fingerprint density at radius 2 is 2.13 bits per heavy atom. The summed E-state index contributed by atoms with van der Waals surface area (Å²) < 4.78 is 5.59. The number of pyridine rings is 1. The summed E-state index contributed by atoms with van der Waals surface area (Å²) in [5.41, 5.74) is 11.4. The van der Waals surface area contributed by atoms with Gasteiger partial charge >= 0.3 is 6.03 Å². The van der Waals surface area contributed by atoms with E-state index in [0.717, 1.165) is 10.4 Å². The van der Waals surface area contributed by atoms with Crippen LogP contribution in [-0.2, 0) is 0 Å². The van der Waals surface area contributed by atoms with Gasteiger partial charge in [-0.3, -0.25) is 10.1 Å². The van der Waals surface area contributed by atoms with Crippen molar-refractivity contribution >= 4 is 28.3 Å². The zero-order valence-corrected chi connectivity index (χ0v) is 13.1. The van der Waals surface area contributed by atoms with Crippen LogP contribution in [0.2, 0.25) is 0 Å². The van der Waals surface area contributed by atoms with Crippen molar-refractivity contribution in [2.45, 2.75) is 12.8 Å². The van der Waals surface area contributed by atoms with Gasteiger partial charge < -0.3 is 16.2 Å². The number of carbonyl (C=O) groups excluding carboxylic acids is 2. The standard InChI is InChI=1S/C15H16N4O3S/c16-13(20)10-5-11(23-14(10)19-15(17)21)9-3-4-12(18-6-9)22-7-8-1-2-8/h3-6,8H,1-2,7H2,(H2,16,20)(H3,17,19,21). The van der Waals surface area contributed by atoms with Crippen LogP contribution in [0.4, 0.5) is 9.80 Å². The van der Waals surface area contributed by atoms with Crippen LogP contribution < -0.4 is 21.5 Å². The van der Waals surface area contributed by atoms with Crippen LogP contribution in [0, 0.1) is 5.92 Å².